The van der Waals surface area contributed by atoms with E-state index in [1.165, 1.54) is 11.3 Å². The topological polar surface area (TPSA) is 67.5 Å². The van der Waals surface area contributed by atoms with Gasteiger partial charge in [0.05, 0.1) is 0 Å². The van der Waals surface area contributed by atoms with Gasteiger partial charge in [0.2, 0.25) is 0 Å². The van der Waals surface area contributed by atoms with E-state index in [2.05, 4.69) is 10.3 Å². The first-order valence-corrected chi connectivity index (χ1v) is 7.20. The van der Waals surface area contributed by atoms with E-state index in [4.69, 9.17) is 5.73 Å². The molecule has 18 heavy (non-hydrogen) atoms. The zero-order valence-electron chi connectivity index (χ0n) is 9.42. The summed E-state index contributed by atoms with van der Waals surface area (Å²) in [6, 6.07) is 7.84. The van der Waals surface area contributed by atoms with Crippen LogP contribution >= 0.6 is 22.7 Å². The molecule has 3 N–H and O–H groups in total. The molecule has 1 atom stereocenters. The van der Waals surface area contributed by atoms with Crippen LogP contribution in [0, 0.1) is 0 Å². The number of hydrogen-bond acceptors (Lipinski definition) is 5. The van der Waals surface area contributed by atoms with Crippen molar-refractivity contribution in [1.82, 2.24) is 5.32 Å². The number of hydrogen-bond donors (Lipinski definition) is 2. The molecule has 1 aliphatic heterocycles. The maximum atomic E-state index is 12.2. The molecule has 3 rings (SSSR count). The zero-order valence-corrected chi connectivity index (χ0v) is 11.1. The number of aliphatic imine (C=N–C) groups is 1. The standard InChI is InChI=1S/C12H11N3OS2/c13-11-14-10(16)12(15-11,9-4-2-6-18-9)7-8-3-1-5-17-8/h1-6H,7H2,(H3,13,14,15,16)/t12-/m0/s1. The van der Waals surface area contributed by atoms with Crippen LogP contribution in [0.2, 0.25) is 0 Å². The van der Waals surface area contributed by atoms with Gasteiger partial charge < -0.3 is 5.73 Å². The van der Waals surface area contributed by atoms with Gasteiger partial charge in [0.15, 0.2) is 11.5 Å². The highest BCUT2D eigenvalue weighted by Gasteiger charge is 2.45. The van der Waals surface area contributed by atoms with E-state index in [0.717, 1.165) is 9.75 Å². The highest BCUT2D eigenvalue weighted by molar-refractivity contribution is 7.10. The molecule has 0 aliphatic carbocycles. The second-order valence-corrected chi connectivity index (χ2v) is 6.02. The summed E-state index contributed by atoms with van der Waals surface area (Å²) in [5.74, 6) is 0.0563. The molecule has 0 saturated carbocycles. The number of guanidine groups is 1. The summed E-state index contributed by atoms with van der Waals surface area (Å²) in [6.45, 7) is 0. The fourth-order valence-corrected chi connectivity index (χ4v) is 3.70. The predicted octanol–water partition coefficient (Wildman–Crippen LogP) is 1.69. The van der Waals surface area contributed by atoms with Crippen molar-refractivity contribution in [3.05, 3.63) is 44.8 Å². The molecule has 0 unspecified atom stereocenters. The minimum absolute atomic E-state index is 0.143. The van der Waals surface area contributed by atoms with Crippen molar-refractivity contribution in [3.63, 3.8) is 0 Å². The Kier molecular flexibility index (Phi) is 2.68. The average molecular weight is 277 g/mol. The van der Waals surface area contributed by atoms with Gasteiger partial charge in [-0.1, -0.05) is 12.1 Å². The Morgan fingerprint density at radius 2 is 2.06 bits per heavy atom. The maximum Gasteiger partial charge on any atom is 0.260 e. The largest absolute Gasteiger partial charge is 0.370 e. The third-order valence-electron chi connectivity index (χ3n) is 2.87. The zero-order chi connectivity index (χ0) is 12.6. The van der Waals surface area contributed by atoms with Crippen LogP contribution in [-0.2, 0) is 16.8 Å². The third-order valence-corrected chi connectivity index (χ3v) is 4.76. The molecule has 92 valence electrons. The van der Waals surface area contributed by atoms with Crippen molar-refractivity contribution in [3.8, 4) is 0 Å². The molecule has 4 nitrogen and oxygen atoms in total. The lowest BCUT2D eigenvalue weighted by Gasteiger charge is -2.21. The van der Waals surface area contributed by atoms with E-state index < -0.39 is 5.54 Å². The van der Waals surface area contributed by atoms with Crippen molar-refractivity contribution >= 4 is 34.5 Å². The number of nitrogens with two attached hydrogens (primary N) is 1. The monoisotopic (exact) mass is 277 g/mol. The van der Waals surface area contributed by atoms with Gasteiger partial charge in [-0.05, 0) is 22.9 Å². The predicted molar refractivity (Wildman–Crippen MR) is 73.8 cm³/mol. The van der Waals surface area contributed by atoms with Gasteiger partial charge in [-0.15, -0.1) is 22.7 Å². The number of carbonyl (C=O) groups excluding carboxylic acids is 1. The summed E-state index contributed by atoms with van der Waals surface area (Å²) in [5, 5.41) is 6.55. The normalized spacial score (nSPS) is 22.9. The second-order valence-electron chi connectivity index (χ2n) is 4.04. The molecule has 1 aliphatic rings. The molecule has 0 aromatic carbocycles. The summed E-state index contributed by atoms with van der Waals surface area (Å²) < 4.78 is 0. The summed E-state index contributed by atoms with van der Waals surface area (Å²) in [5.41, 5.74) is 4.78. The number of nitrogens with one attached hydrogen (secondary N) is 1. The van der Waals surface area contributed by atoms with E-state index in [1.807, 2.05) is 35.0 Å². The Morgan fingerprint density at radius 3 is 2.61 bits per heavy atom. The van der Waals surface area contributed by atoms with Crippen LogP contribution in [0.5, 0.6) is 0 Å². The SMILES string of the molecule is NC1=N[C@@](Cc2cccs2)(c2cccs2)C(=O)N1. The van der Waals surface area contributed by atoms with Gasteiger partial charge in [0.1, 0.15) is 0 Å². The van der Waals surface area contributed by atoms with E-state index in [9.17, 15) is 4.79 Å². The van der Waals surface area contributed by atoms with Crippen LogP contribution in [0.3, 0.4) is 0 Å². The van der Waals surface area contributed by atoms with Crippen molar-refractivity contribution in [2.45, 2.75) is 12.0 Å². The number of rotatable bonds is 3. The first-order chi connectivity index (χ1) is 8.71. The third kappa shape index (κ3) is 1.74. The van der Waals surface area contributed by atoms with Crippen LogP contribution in [0.4, 0.5) is 0 Å². The van der Waals surface area contributed by atoms with Crippen LogP contribution in [0.25, 0.3) is 0 Å². The fourth-order valence-electron chi connectivity index (χ4n) is 2.06. The van der Waals surface area contributed by atoms with E-state index in [1.54, 1.807) is 11.3 Å². The number of carbonyl (C=O) groups is 1. The first kappa shape index (κ1) is 11.4. The lowest BCUT2D eigenvalue weighted by atomic mass is 9.93. The first-order valence-electron chi connectivity index (χ1n) is 5.44. The maximum absolute atomic E-state index is 12.2. The minimum atomic E-state index is -0.886. The number of nitrogens with zero attached hydrogens (tertiary/aromatic N) is 1. The van der Waals surface area contributed by atoms with Crippen LogP contribution in [-0.4, -0.2) is 11.9 Å². The molecule has 2 aromatic heterocycles. The molecule has 0 radical (unpaired) electrons. The highest BCUT2D eigenvalue weighted by Crippen LogP contribution is 2.36. The van der Waals surface area contributed by atoms with Gasteiger partial charge in [0.25, 0.3) is 5.91 Å². The molecule has 3 heterocycles. The second kappa shape index (κ2) is 4.22. The Balaban J connectivity index is 2.07. The Morgan fingerprint density at radius 1 is 1.28 bits per heavy atom. The Bertz CT molecular complexity index is 589. The molecule has 1 amide bonds. The van der Waals surface area contributed by atoms with Gasteiger partial charge in [0, 0.05) is 16.2 Å². The number of thiophene rings is 2. The molecule has 0 spiro atoms. The van der Waals surface area contributed by atoms with E-state index >= 15 is 0 Å². The van der Waals surface area contributed by atoms with Crippen molar-refractivity contribution < 1.29 is 4.79 Å². The summed E-state index contributed by atoms with van der Waals surface area (Å²) in [7, 11) is 0. The fraction of sp³-hybridized carbons (Fsp3) is 0.167. The van der Waals surface area contributed by atoms with Gasteiger partial charge >= 0.3 is 0 Å². The van der Waals surface area contributed by atoms with Crippen LogP contribution < -0.4 is 11.1 Å². The quantitative estimate of drug-likeness (QED) is 0.896. The van der Waals surface area contributed by atoms with Gasteiger partial charge in [-0.25, -0.2) is 4.99 Å². The molecule has 2 aromatic rings. The van der Waals surface area contributed by atoms with Gasteiger partial charge in [-0.2, -0.15) is 0 Å². The molecular weight excluding hydrogens is 266 g/mol. The van der Waals surface area contributed by atoms with Crippen LogP contribution in [0.15, 0.2) is 40.0 Å². The highest BCUT2D eigenvalue weighted by atomic mass is 32.1. The molecule has 0 fully saturated rings. The summed E-state index contributed by atoms with van der Waals surface area (Å²) >= 11 is 3.15. The van der Waals surface area contributed by atoms with Crippen LogP contribution in [0.1, 0.15) is 9.75 Å². The molecule has 0 saturated heterocycles. The average Bonchev–Trinajstić information content (AvgIpc) is 3.03. The lowest BCUT2D eigenvalue weighted by molar-refractivity contribution is -0.123. The summed E-state index contributed by atoms with van der Waals surface area (Å²) in [4.78, 5) is 18.7. The smallest absolute Gasteiger partial charge is 0.260 e. The Hall–Kier alpha value is -1.66. The van der Waals surface area contributed by atoms with Crippen molar-refractivity contribution in [1.29, 1.82) is 0 Å². The van der Waals surface area contributed by atoms with Gasteiger partial charge in [-0.3, -0.25) is 10.1 Å². The molecular formula is C12H11N3OS2. The molecule has 0 bridgehead atoms. The summed E-state index contributed by atoms with van der Waals surface area (Å²) in [6.07, 6.45) is 0.553. The van der Waals surface area contributed by atoms with Crippen molar-refractivity contribution in [2.24, 2.45) is 10.7 Å². The van der Waals surface area contributed by atoms with E-state index in [0.29, 0.717) is 6.42 Å². The Labute approximate surface area is 112 Å². The van der Waals surface area contributed by atoms with E-state index in [-0.39, 0.29) is 11.9 Å². The van der Waals surface area contributed by atoms with Crippen molar-refractivity contribution in [2.75, 3.05) is 0 Å². The lowest BCUT2D eigenvalue weighted by Crippen LogP contribution is -2.39. The minimum Gasteiger partial charge on any atom is -0.370 e. The number of amides is 1. The molecule has 6 heteroatoms.